The van der Waals surface area contributed by atoms with E-state index in [0.29, 0.717) is 6.04 Å². The monoisotopic (exact) mass is 187 g/mol. The molecular weight excluding hydrogens is 170 g/mol. The Morgan fingerprint density at radius 2 is 1.79 bits per heavy atom. The summed E-state index contributed by atoms with van der Waals surface area (Å²) in [6.07, 6.45) is 4.62. The van der Waals surface area contributed by atoms with E-state index in [9.17, 15) is 0 Å². The van der Waals surface area contributed by atoms with Crippen LogP contribution in [0.25, 0.3) is 10.9 Å². The van der Waals surface area contributed by atoms with Crippen molar-refractivity contribution in [3.63, 3.8) is 0 Å². The van der Waals surface area contributed by atoms with Gasteiger partial charge in [-0.05, 0) is 30.4 Å². The molecule has 2 rings (SSSR count). The van der Waals surface area contributed by atoms with Crippen LogP contribution >= 0.6 is 0 Å². The van der Waals surface area contributed by atoms with Crippen LogP contribution in [0.2, 0.25) is 0 Å². The van der Waals surface area contributed by atoms with Crippen LogP contribution in [0.1, 0.15) is 32.7 Å². The van der Waals surface area contributed by atoms with E-state index in [-0.39, 0.29) is 0 Å². The standard InChI is InChI=1S/C13H17N/c1-3-12(4-2)14-10-9-11-7-5-6-8-13(11)14/h5-10,12H,3-4H2,1-2H3. The van der Waals surface area contributed by atoms with E-state index in [4.69, 9.17) is 0 Å². The van der Waals surface area contributed by atoms with Gasteiger partial charge in [0.15, 0.2) is 0 Å². The lowest BCUT2D eigenvalue weighted by atomic mass is 10.1. The predicted molar refractivity (Wildman–Crippen MR) is 61.6 cm³/mol. The molecule has 0 unspecified atom stereocenters. The summed E-state index contributed by atoms with van der Waals surface area (Å²) in [5.74, 6) is 0. The molecule has 1 aromatic heterocycles. The van der Waals surface area contributed by atoms with Gasteiger partial charge in [0.1, 0.15) is 0 Å². The molecule has 0 saturated heterocycles. The summed E-state index contributed by atoms with van der Waals surface area (Å²) in [5.41, 5.74) is 1.36. The van der Waals surface area contributed by atoms with E-state index in [1.54, 1.807) is 0 Å². The van der Waals surface area contributed by atoms with Crippen LogP contribution in [0.3, 0.4) is 0 Å². The highest BCUT2D eigenvalue weighted by Gasteiger charge is 2.07. The molecule has 0 atom stereocenters. The zero-order valence-electron chi connectivity index (χ0n) is 8.90. The van der Waals surface area contributed by atoms with Gasteiger partial charge in [-0.1, -0.05) is 32.0 Å². The van der Waals surface area contributed by atoms with Gasteiger partial charge in [-0.2, -0.15) is 0 Å². The van der Waals surface area contributed by atoms with Crippen molar-refractivity contribution in [1.29, 1.82) is 0 Å². The predicted octanol–water partition coefficient (Wildman–Crippen LogP) is 4.00. The molecule has 1 heterocycles. The summed E-state index contributed by atoms with van der Waals surface area (Å²) in [4.78, 5) is 0. The minimum atomic E-state index is 0.648. The van der Waals surface area contributed by atoms with Crippen molar-refractivity contribution < 1.29 is 0 Å². The SMILES string of the molecule is CCC(CC)n1ccc2ccccc21. The van der Waals surface area contributed by atoms with E-state index in [0.717, 1.165) is 0 Å². The van der Waals surface area contributed by atoms with Crippen molar-refractivity contribution in [3.8, 4) is 0 Å². The summed E-state index contributed by atoms with van der Waals surface area (Å²) in [7, 11) is 0. The molecule has 1 heteroatoms. The normalized spacial score (nSPS) is 11.4. The Morgan fingerprint density at radius 3 is 2.50 bits per heavy atom. The molecule has 0 amide bonds. The van der Waals surface area contributed by atoms with Gasteiger partial charge in [0.25, 0.3) is 0 Å². The lowest BCUT2D eigenvalue weighted by molar-refractivity contribution is 0.486. The first-order valence-corrected chi connectivity index (χ1v) is 5.42. The number of benzene rings is 1. The van der Waals surface area contributed by atoms with Crippen LogP contribution in [0.15, 0.2) is 36.5 Å². The van der Waals surface area contributed by atoms with Gasteiger partial charge < -0.3 is 4.57 Å². The van der Waals surface area contributed by atoms with Gasteiger partial charge >= 0.3 is 0 Å². The molecule has 1 aromatic carbocycles. The van der Waals surface area contributed by atoms with Gasteiger partial charge in [-0.15, -0.1) is 0 Å². The summed E-state index contributed by atoms with van der Waals surface area (Å²) < 4.78 is 2.40. The Labute approximate surface area is 85.4 Å². The third-order valence-electron chi connectivity index (χ3n) is 2.97. The van der Waals surface area contributed by atoms with Crippen molar-refractivity contribution in [3.05, 3.63) is 36.5 Å². The number of hydrogen-bond acceptors (Lipinski definition) is 0. The van der Waals surface area contributed by atoms with E-state index in [1.807, 2.05) is 0 Å². The average Bonchev–Trinajstić information content (AvgIpc) is 2.65. The second-order valence-corrected chi connectivity index (χ2v) is 3.75. The Hall–Kier alpha value is -1.24. The number of fused-ring (bicyclic) bond motifs is 1. The summed E-state index contributed by atoms with van der Waals surface area (Å²) in [5, 5.41) is 1.35. The fraction of sp³-hybridized carbons (Fsp3) is 0.385. The van der Waals surface area contributed by atoms with Crippen molar-refractivity contribution in [2.75, 3.05) is 0 Å². The minimum absolute atomic E-state index is 0.648. The maximum Gasteiger partial charge on any atom is 0.0482 e. The molecule has 0 N–H and O–H groups in total. The lowest BCUT2D eigenvalue weighted by Gasteiger charge is -2.16. The first kappa shape index (κ1) is 9.32. The molecule has 0 aliphatic carbocycles. The van der Waals surface area contributed by atoms with Gasteiger partial charge in [-0.3, -0.25) is 0 Å². The lowest BCUT2D eigenvalue weighted by Crippen LogP contribution is -2.04. The zero-order chi connectivity index (χ0) is 9.97. The Morgan fingerprint density at radius 1 is 1.07 bits per heavy atom. The number of rotatable bonds is 3. The van der Waals surface area contributed by atoms with Crippen LogP contribution in [0, 0.1) is 0 Å². The largest absolute Gasteiger partial charge is 0.344 e. The average molecular weight is 187 g/mol. The highest BCUT2D eigenvalue weighted by molar-refractivity contribution is 5.80. The van der Waals surface area contributed by atoms with Crippen LogP contribution in [-0.2, 0) is 0 Å². The third kappa shape index (κ3) is 1.43. The molecule has 74 valence electrons. The summed E-state index contributed by atoms with van der Waals surface area (Å²) >= 11 is 0. The Bertz CT molecular complexity index is 410. The van der Waals surface area contributed by atoms with Crippen molar-refractivity contribution in [2.45, 2.75) is 32.7 Å². The third-order valence-corrected chi connectivity index (χ3v) is 2.97. The zero-order valence-corrected chi connectivity index (χ0v) is 8.90. The second-order valence-electron chi connectivity index (χ2n) is 3.75. The smallest absolute Gasteiger partial charge is 0.0482 e. The molecular formula is C13H17N. The molecule has 1 nitrogen and oxygen atoms in total. The van der Waals surface area contributed by atoms with E-state index < -0.39 is 0 Å². The maximum absolute atomic E-state index is 2.40. The van der Waals surface area contributed by atoms with Gasteiger partial charge in [0, 0.05) is 17.8 Å². The van der Waals surface area contributed by atoms with Gasteiger partial charge in [0.05, 0.1) is 0 Å². The van der Waals surface area contributed by atoms with E-state index >= 15 is 0 Å². The Balaban J connectivity index is 2.51. The highest BCUT2D eigenvalue weighted by Crippen LogP contribution is 2.23. The van der Waals surface area contributed by atoms with E-state index in [1.165, 1.54) is 23.7 Å². The van der Waals surface area contributed by atoms with Gasteiger partial charge in [-0.25, -0.2) is 0 Å². The van der Waals surface area contributed by atoms with E-state index in [2.05, 4.69) is 54.9 Å². The number of hydrogen-bond donors (Lipinski definition) is 0. The quantitative estimate of drug-likeness (QED) is 0.684. The molecule has 0 aliphatic rings. The topological polar surface area (TPSA) is 4.93 Å². The highest BCUT2D eigenvalue weighted by atomic mass is 15.0. The van der Waals surface area contributed by atoms with Crippen molar-refractivity contribution in [1.82, 2.24) is 4.57 Å². The fourth-order valence-electron chi connectivity index (χ4n) is 2.10. The maximum atomic E-state index is 2.40. The molecule has 0 aliphatic heterocycles. The summed E-state index contributed by atoms with van der Waals surface area (Å²) in [6, 6.07) is 11.4. The molecule has 0 radical (unpaired) electrons. The number of aromatic nitrogens is 1. The second kappa shape index (κ2) is 3.87. The van der Waals surface area contributed by atoms with Crippen LogP contribution in [-0.4, -0.2) is 4.57 Å². The number of nitrogens with zero attached hydrogens (tertiary/aromatic N) is 1. The van der Waals surface area contributed by atoms with Crippen molar-refractivity contribution >= 4 is 10.9 Å². The fourth-order valence-corrected chi connectivity index (χ4v) is 2.10. The number of para-hydroxylation sites is 1. The first-order valence-electron chi connectivity index (χ1n) is 5.42. The molecule has 0 saturated carbocycles. The minimum Gasteiger partial charge on any atom is -0.344 e. The summed E-state index contributed by atoms with van der Waals surface area (Å²) in [6.45, 7) is 4.51. The van der Waals surface area contributed by atoms with Crippen LogP contribution in [0.4, 0.5) is 0 Å². The molecule has 0 bridgehead atoms. The molecule has 0 spiro atoms. The molecule has 0 fully saturated rings. The first-order chi connectivity index (χ1) is 6.86. The van der Waals surface area contributed by atoms with Crippen LogP contribution < -0.4 is 0 Å². The Kier molecular flexibility index (Phi) is 2.58. The van der Waals surface area contributed by atoms with Crippen LogP contribution in [0.5, 0.6) is 0 Å². The van der Waals surface area contributed by atoms with Gasteiger partial charge in [0.2, 0.25) is 0 Å². The van der Waals surface area contributed by atoms with Crippen molar-refractivity contribution in [2.24, 2.45) is 0 Å². The molecule has 2 aromatic rings. The molecule has 14 heavy (non-hydrogen) atoms.